The minimum Gasteiger partial charge on any atom is -0.459 e. The number of hydrogen-bond donors (Lipinski definition) is 6. The fourth-order valence-corrected chi connectivity index (χ4v) is 8.45. The van der Waals surface area contributed by atoms with Crippen molar-refractivity contribution < 1.29 is 58.7 Å². The molecule has 0 bridgehead atoms. The van der Waals surface area contributed by atoms with Crippen LogP contribution in [0.15, 0.2) is 0 Å². The molecule has 3 fully saturated rings. The number of ether oxygens (including phenoxy) is 6. The van der Waals surface area contributed by atoms with Gasteiger partial charge in [-0.05, 0) is 94.3 Å². The van der Waals surface area contributed by atoms with Gasteiger partial charge in [0.15, 0.2) is 12.6 Å². The van der Waals surface area contributed by atoms with E-state index in [0.29, 0.717) is 13.0 Å². The fourth-order valence-electron chi connectivity index (χ4n) is 8.45. The molecule has 0 amide bonds. The van der Waals surface area contributed by atoms with Gasteiger partial charge in [0.2, 0.25) is 0 Å². The summed E-state index contributed by atoms with van der Waals surface area (Å²) in [5.74, 6) is -2.61. The molecule has 0 saturated carbocycles. The van der Waals surface area contributed by atoms with Gasteiger partial charge in [-0.2, -0.15) is 0 Å². The smallest absolute Gasteiger partial charge is 0.311 e. The first kappa shape index (κ1) is 44.4. The number of aliphatic hydroxyl groups excluding tert-OH is 2. The van der Waals surface area contributed by atoms with E-state index in [2.05, 4.69) is 5.32 Å². The van der Waals surface area contributed by atoms with Gasteiger partial charge < -0.3 is 64.2 Å². The molecule has 300 valence electrons. The van der Waals surface area contributed by atoms with Gasteiger partial charge in [0.25, 0.3) is 0 Å². The number of rotatable bonds is 7. The summed E-state index contributed by atoms with van der Waals surface area (Å²) in [6.07, 6.45) is -7.73. The SMILES string of the molecule is CC[C@H]1OC(=O)[C@H](C)[C@@H](O[C@H]2C[C@@H](OC)[C@@H](O)[C@H](C)O2)[C@H](C)[C@@H](O[C@@H]2O[C@H](C)C[C@H](N(C)C)[C@]2(C)O)[C@](C)(O)C[C@@H](C)CN[C@H](C)[C@@H](O)[C@]1(C)O. The molecule has 0 unspecified atom stereocenters. The van der Waals surface area contributed by atoms with Crippen molar-refractivity contribution in [2.24, 2.45) is 17.8 Å². The monoisotopic (exact) mass is 734 g/mol. The van der Waals surface area contributed by atoms with Gasteiger partial charge in [-0.15, -0.1) is 0 Å². The lowest BCUT2D eigenvalue weighted by molar-refractivity contribution is -0.333. The highest BCUT2D eigenvalue weighted by Crippen LogP contribution is 2.40. The normalized spacial score (nSPS) is 49.9. The van der Waals surface area contributed by atoms with Crippen molar-refractivity contribution in [2.75, 3.05) is 27.7 Å². The Kier molecular flexibility index (Phi) is 15.3. The molecule has 14 nitrogen and oxygen atoms in total. The van der Waals surface area contributed by atoms with Crippen molar-refractivity contribution in [1.82, 2.24) is 10.2 Å². The van der Waals surface area contributed by atoms with Crippen LogP contribution in [-0.2, 0) is 33.2 Å². The molecule has 6 N–H and O–H groups in total. The zero-order valence-corrected chi connectivity index (χ0v) is 33.2. The number of nitrogens with one attached hydrogen (secondary N) is 1. The third-order valence-electron chi connectivity index (χ3n) is 11.6. The molecule has 0 aromatic rings. The molecule has 0 aromatic carbocycles. The van der Waals surface area contributed by atoms with E-state index in [1.165, 1.54) is 14.0 Å². The Balaban J connectivity index is 2.16. The number of esters is 1. The Morgan fingerprint density at radius 2 is 1.57 bits per heavy atom. The van der Waals surface area contributed by atoms with Crippen LogP contribution in [0.3, 0.4) is 0 Å². The first-order valence-corrected chi connectivity index (χ1v) is 18.8. The Hall–Kier alpha value is -1.01. The summed E-state index contributed by atoms with van der Waals surface area (Å²) >= 11 is 0. The minimum absolute atomic E-state index is 0.160. The summed E-state index contributed by atoms with van der Waals surface area (Å²) in [7, 11) is 5.27. The van der Waals surface area contributed by atoms with Gasteiger partial charge >= 0.3 is 5.97 Å². The third-order valence-corrected chi connectivity index (χ3v) is 11.6. The highest BCUT2D eigenvalue weighted by Gasteiger charge is 2.54. The number of aliphatic hydroxyl groups is 5. The number of likely N-dealkylation sites (N-methyl/N-ethyl adjacent to an activating group) is 1. The maximum Gasteiger partial charge on any atom is 0.311 e. The zero-order valence-electron chi connectivity index (χ0n) is 33.2. The topological polar surface area (TPSA) is 189 Å². The molecule has 18 atom stereocenters. The van der Waals surface area contributed by atoms with Crippen LogP contribution in [0.2, 0.25) is 0 Å². The Labute approximate surface area is 305 Å². The minimum atomic E-state index is -1.80. The maximum atomic E-state index is 14.1. The van der Waals surface area contributed by atoms with Crippen molar-refractivity contribution in [1.29, 1.82) is 0 Å². The Morgan fingerprint density at radius 3 is 2.14 bits per heavy atom. The Morgan fingerprint density at radius 1 is 0.941 bits per heavy atom. The summed E-state index contributed by atoms with van der Waals surface area (Å²) in [6.45, 7) is 17.7. The largest absolute Gasteiger partial charge is 0.459 e. The molecule has 14 heteroatoms. The number of hydrogen-bond acceptors (Lipinski definition) is 14. The predicted molar refractivity (Wildman–Crippen MR) is 190 cm³/mol. The molecule has 3 heterocycles. The van der Waals surface area contributed by atoms with Crippen LogP contribution in [0.25, 0.3) is 0 Å². The highest BCUT2D eigenvalue weighted by atomic mass is 16.7. The molecule has 3 rings (SSSR count). The summed E-state index contributed by atoms with van der Waals surface area (Å²) in [5.41, 5.74) is -4.84. The van der Waals surface area contributed by atoms with Gasteiger partial charge in [0.05, 0.1) is 42.0 Å². The van der Waals surface area contributed by atoms with E-state index in [1.54, 1.807) is 41.5 Å². The first-order valence-electron chi connectivity index (χ1n) is 18.8. The predicted octanol–water partition coefficient (Wildman–Crippen LogP) is 1.56. The highest BCUT2D eigenvalue weighted by molar-refractivity contribution is 5.73. The van der Waals surface area contributed by atoms with Crippen LogP contribution in [0, 0.1) is 17.8 Å². The fraction of sp³-hybridized carbons (Fsp3) is 0.973. The van der Waals surface area contributed by atoms with E-state index in [0.717, 1.165) is 0 Å². The van der Waals surface area contributed by atoms with Crippen molar-refractivity contribution in [2.45, 2.75) is 185 Å². The van der Waals surface area contributed by atoms with Crippen LogP contribution in [0.5, 0.6) is 0 Å². The van der Waals surface area contributed by atoms with Crippen LogP contribution >= 0.6 is 0 Å². The zero-order chi connectivity index (χ0) is 38.8. The molecule has 0 aromatic heterocycles. The number of carbonyl (C=O) groups excluding carboxylic acids is 1. The molecule has 0 spiro atoms. The van der Waals surface area contributed by atoms with Gasteiger partial charge in [-0.25, -0.2) is 0 Å². The lowest BCUT2D eigenvalue weighted by Crippen LogP contribution is -2.65. The van der Waals surface area contributed by atoms with Crippen LogP contribution in [-0.4, -0.2) is 154 Å². The van der Waals surface area contributed by atoms with E-state index in [4.69, 9.17) is 28.4 Å². The van der Waals surface area contributed by atoms with Crippen molar-refractivity contribution >= 4 is 5.97 Å². The maximum absolute atomic E-state index is 14.1. The van der Waals surface area contributed by atoms with Gasteiger partial charge in [0.1, 0.15) is 29.5 Å². The Bertz CT molecular complexity index is 1110. The second kappa shape index (κ2) is 17.6. The van der Waals surface area contributed by atoms with Crippen molar-refractivity contribution in [3.8, 4) is 0 Å². The van der Waals surface area contributed by atoms with Crippen LogP contribution < -0.4 is 5.32 Å². The van der Waals surface area contributed by atoms with Crippen molar-refractivity contribution in [3.05, 3.63) is 0 Å². The number of methoxy groups -OCH3 is 1. The van der Waals surface area contributed by atoms with E-state index in [-0.39, 0.29) is 37.3 Å². The average molecular weight is 735 g/mol. The molecule has 0 radical (unpaired) electrons. The van der Waals surface area contributed by atoms with Gasteiger partial charge in [-0.3, -0.25) is 4.79 Å². The van der Waals surface area contributed by atoms with Gasteiger partial charge in [-0.1, -0.05) is 20.8 Å². The number of cyclic esters (lactones) is 1. The lowest BCUT2D eigenvalue weighted by Gasteiger charge is -2.51. The lowest BCUT2D eigenvalue weighted by atomic mass is 9.77. The summed E-state index contributed by atoms with van der Waals surface area (Å²) in [5, 5.41) is 61.2. The van der Waals surface area contributed by atoms with E-state index < -0.39 is 96.0 Å². The van der Waals surface area contributed by atoms with Crippen LogP contribution in [0.1, 0.15) is 94.9 Å². The van der Waals surface area contributed by atoms with E-state index in [9.17, 15) is 30.3 Å². The van der Waals surface area contributed by atoms with E-state index in [1.807, 2.05) is 39.8 Å². The van der Waals surface area contributed by atoms with Crippen molar-refractivity contribution in [3.63, 3.8) is 0 Å². The standard InChI is InChI=1S/C37H70N2O12/c1-14-27-37(10,45)31(41)23(6)38-18-19(2)17-35(8,43)32(51-34-36(9,44)26(39(11)12)15-20(3)47-34)21(4)30(22(5)33(42)49-27)50-28-16-25(46-13)29(40)24(7)48-28/h19-32,34,38,40-41,43-45H,14-18H2,1-13H3/t19-,20-,21+,22-,23-,24+,25-,26+,27-,28+,29+,30+,31-,32-,34+,35-,36+,37-/m1/s1. The van der Waals surface area contributed by atoms with Crippen LogP contribution in [0.4, 0.5) is 0 Å². The molecular formula is C37H70N2O12. The molecule has 51 heavy (non-hydrogen) atoms. The van der Waals surface area contributed by atoms with Gasteiger partial charge in [0, 0.05) is 31.5 Å². The molecule has 0 aliphatic carbocycles. The number of nitrogens with zero attached hydrogens (tertiary/aromatic N) is 1. The quantitative estimate of drug-likeness (QED) is 0.207. The summed E-state index contributed by atoms with van der Waals surface area (Å²) in [6, 6.07) is -0.909. The molecular weight excluding hydrogens is 664 g/mol. The second-order valence-electron chi connectivity index (χ2n) is 16.7. The molecule has 3 saturated heterocycles. The average Bonchev–Trinajstić information content (AvgIpc) is 3.04. The van der Waals surface area contributed by atoms with E-state index >= 15 is 0 Å². The molecule has 3 aliphatic rings. The summed E-state index contributed by atoms with van der Waals surface area (Å²) in [4.78, 5) is 16.0. The first-order chi connectivity index (χ1) is 23.5. The third kappa shape index (κ3) is 10.2. The number of carbonyl (C=O) groups is 1. The summed E-state index contributed by atoms with van der Waals surface area (Å²) < 4.78 is 37.3. The molecule has 3 aliphatic heterocycles. The second-order valence-corrected chi connectivity index (χ2v) is 16.7.